The molecule has 0 radical (unpaired) electrons. The summed E-state index contributed by atoms with van der Waals surface area (Å²) >= 11 is 0. The molecule has 0 spiro atoms. The van der Waals surface area contributed by atoms with Crippen LogP contribution in [0.2, 0.25) is 0 Å². The van der Waals surface area contributed by atoms with E-state index in [2.05, 4.69) is 0 Å². The van der Waals surface area contributed by atoms with Crippen LogP contribution in [-0.4, -0.2) is 18.9 Å². The Labute approximate surface area is 114 Å². The highest BCUT2D eigenvalue weighted by Crippen LogP contribution is 2.42. The monoisotopic (exact) mass is 260 g/mol. The maximum atomic E-state index is 12.7. The number of carbonyl (C=O) groups excluding carboxylic acids is 2. The van der Waals surface area contributed by atoms with E-state index >= 15 is 0 Å². The van der Waals surface area contributed by atoms with Gasteiger partial charge in [-0.2, -0.15) is 0 Å². The molecule has 0 bridgehead atoms. The summed E-state index contributed by atoms with van der Waals surface area (Å²) in [5.41, 5.74) is 1.60. The Kier molecular flexibility index (Phi) is 3.48. The van der Waals surface area contributed by atoms with Gasteiger partial charge in [0.1, 0.15) is 5.78 Å². The van der Waals surface area contributed by atoms with Crippen molar-refractivity contribution in [2.45, 2.75) is 33.1 Å². The molecule has 0 amide bonds. The van der Waals surface area contributed by atoms with Crippen LogP contribution in [0.4, 0.5) is 0 Å². The molecule has 0 heterocycles. The first-order valence-corrected chi connectivity index (χ1v) is 6.56. The minimum atomic E-state index is -0.464. The lowest BCUT2D eigenvalue weighted by Gasteiger charge is -2.25. The number of benzene rings is 1. The molecule has 0 aromatic heterocycles. The van der Waals surface area contributed by atoms with E-state index in [1.165, 1.54) is 7.11 Å². The molecule has 2 unspecified atom stereocenters. The molecule has 0 aliphatic heterocycles. The molecule has 0 saturated carbocycles. The molecule has 2 rings (SSSR count). The number of fused-ring (bicyclic) bond motifs is 1. The van der Waals surface area contributed by atoms with E-state index in [1.807, 2.05) is 45.0 Å². The second-order valence-electron chi connectivity index (χ2n) is 6.12. The van der Waals surface area contributed by atoms with E-state index in [4.69, 9.17) is 4.74 Å². The fourth-order valence-electron chi connectivity index (χ4n) is 2.76. The SMILES string of the molecule is COC(=O)C1Cc2ccccc2C1C(=O)C(C)(C)C. The lowest BCUT2D eigenvalue weighted by molar-refractivity contribution is -0.148. The van der Waals surface area contributed by atoms with Gasteiger partial charge < -0.3 is 4.74 Å². The van der Waals surface area contributed by atoms with Crippen LogP contribution < -0.4 is 0 Å². The van der Waals surface area contributed by atoms with Gasteiger partial charge in [-0.05, 0) is 17.5 Å². The zero-order valence-electron chi connectivity index (χ0n) is 11.9. The van der Waals surface area contributed by atoms with E-state index in [9.17, 15) is 9.59 Å². The van der Waals surface area contributed by atoms with Crippen molar-refractivity contribution in [3.05, 3.63) is 35.4 Å². The van der Waals surface area contributed by atoms with Crippen LogP contribution in [0.25, 0.3) is 0 Å². The molecule has 1 aromatic rings. The summed E-state index contributed by atoms with van der Waals surface area (Å²) in [6.07, 6.45) is 0.593. The first kappa shape index (κ1) is 13.8. The predicted molar refractivity (Wildman–Crippen MR) is 72.9 cm³/mol. The van der Waals surface area contributed by atoms with Gasteiger partial charge in [-0.25, -0.2) is 0 Å². The van der Waals surface area contributed by atoms with E-state index in [1.54, 1.807) is 0 Å². The summed E-state index contributed by atoms with van der Waals surface area (Å²) in [6.45, 7) is 5.68. The van der Waals surface area contributed by atoms with E-state index in [0.717, 1.165) is 11.1 Å². The number of methoxy groups -OCH3 is 1. The number of hydrogen-bond donors (Lipinski definition) is 0. The van der Waals surface area contributed by atoms with Crippen molar-refractivity contribution in [3.63, 3.8) is 0 Å². The highest BCUT2D eigenvalue weighted by atomic mass is 16.5. The van der Waals surface area contributed by atoms with Gasteiger partial charge >= 0.3 is 5.97 Å². The molecular formula is C16H20O3. The van der Waals surface area contributed by atoms with Crippen LogP contribution in [0.15, 0.2) is 24.3 Å². The number of ether oxygens (including phenoxy) is 1. The van der Waals surface area contributed by atoms with Gasteiger partial charge in [-0.3, -0.25) is 9.59 Å². The average molecular weight is 260 g/mol. The summed E-state index contributed by atoms with van der Waals surface area (Å²) in [5, 5.41) is 0. The highest BCUT2D eigenvalue weighted by Gasteiger charge is 2.45. The third kappa shape index (κ3) is 2.42. The zero-order valence-corrected chi connectivity index (χ0v) is 11.9. The fourth-order valence-corrected chi connectivity index (χ4v) is 2.76. The summed E-state index contributed by atoms with van der Waals surface area (Å²) < 4.78 is 4.87. The largest absolute Gasteiger partial charge is 0.469 e. The Bertz CT molecular complexity index is 511. The van der Waals surface area contributed by atoms with Crippen molar-refractivity contribution in [2.24, 2.45) is 11.3 Å². The molecule has 0 N–H and O–H groups in total. The average Bonchev–Trinajstić information content (AvgIpc) is 2.74. The number of ketones is 1. The Balaban J connectivity index is 2.45. The number of rotatable bonds is 2. The molecule has 19 heavy (non-hydrogen) atoms. The summed E-state index contributed by atoms with van der Waals surface area (Å²) in [5.74, 6) is -0.940. The van der Waals surface area contributed by atoms with Crippen LogP contribution in [0.1, 0.15) is 37.8 Å². The summed E-state index contributed by atoms with van der Waals surface area (Å²) in [6, 6.07) is 7.80. The molecular weight excluding hydrogens is 240 g/mol. The molecule has 1 aromatic carbocycles. The van der Waals surface area contributed by atoms with E-state index < -0.39 is 5.41 Å². The van der Waals surface area contributed by atoms with Crippen LogP contribution in [0, 0.1) is 11.3 Å². The number of carbonyl (C=O) groups is 2. The second-order valence-corrected chi connectivity index (χ2v) is 6.12. The Morgan fingerprint density at radius 2 is 1.84 bits per heavy atom. The normalized spacial score (nSPS) is 21.9. The minimum Gasteiger partial charge on any atom is -0.469 e. The third-order valence-corrected chi connectivity index (χ3v) is 3.76. The van der Waals surface area contributed by atoms with E-state index in [0.29, 0.717) is 6.42 Å². The van der Waals surface area contributed by atoms with Crippen molar-refractivity contribution in [3.8, 4) is 0 Å². The van der Waals surface area contributed by atoms with Crippen molar-refractivity contribution in [1.29, 1.82) is 0 Å². The van der Waals surface area contributed by atoms with Crippen molar-refractivity contribution >= 4 is 11.8 Å². The molecule has 2 atom stereocenters. The first-order valence-electron chi connectivity index (χ1n) is 6.56. The maximum Gasteiger partial charge on any atom is 0.310 e. The lowest BCUT2D eigenvalue weighted by atomic mass is 9.77. The molecule has 0 fully saturated rings. The minimum absolute atomic E-state index is 0.104. The molecule has 0 saturated heterocycles. The van der Waals surface area contributed by atoms with Gasteiger partial charge in [-0.1, -0.05) is 45.0 Å². The number of esters is 1. The Hall–Kier alpha value is -1.64. The fraction of sp³-hybridized carbons (Fsp3) is 0.500. The van der Waals surface area contributed by atoms with Gasteiger partial charge in [0.2, 0.25) is 0 Å². The van der Waals surface area contributed by atoms with Crippen molar-refractivity contribution in [2.75, 3.05) is 7.11 Å². The molecule has 1 aliphatic carbocycles. The van der Waals surface area contributed by atoms with Crippen molar-refractivity contribution in [1.82, 2.24) is 0 Å². The number of hydrogen-bond acceptors (Lipinski definition) is 3. The van der Waals surface area contributed by atoms with Crippen LogP contribution in [-0.2, 0) is 20.7 Å². The van der Waals surface area contributed by atoms with Gasteiger partial charge in [-0.15, -0.1) is 0 Å². The predicted octanol–water partition coefficient (Wildman–Crippen LogP) is 2.73. The second kappa shape index (κ2) is 4.80. The van der Waals surface area contributed by atoms with Gasteiger partial charge in [0.25, 0.3) is 0 Å². The maximum absolute atomic E-state index is 12.7. The highest BCUT2D eigenvalue weighted by molar-refractivity contribution is 5.95. The Morgan fingerprint density at radius 3 is 2.42 bits per heavy atom. The van der Waals surface area contributed by atoms with Crippen LogP contribution in [0.5, 0.6) is 0 Å². The van der Waals surface area contributed by atoms with Crippen molar-refractivity contribution < 1.29 is 14.3 Å². The molecule has 3 heteroatoms. The zero-order chi connectivity index (χ0) is 14.2. The van der Waals surface area contributed by atoms with Gasteiger partial charge in [0, 0.05) is 5.41 Å². The lowest BCUT2D eigenvalue weighted by Crippen LogP contribution is -2.33. The van der Waals surface area contributed by atoms with E-state index in [-0.39, 0.29) is 23.6 Å². The van der Waals surface area contributed by atoms with Crippen LogP contribution in [0.3, 0.4) is 0 Å². The van der Waals surface area contributed by atoms with Crippen LogP contribution >= 0.6 is 0 Å². The topological polar surface area (TPSA) is 43.4 Å². The molecule has 3 nitrogen and oxygen atoms in total. The smallest absolute Gasteiger partial charge is 0.310 e. The number of Topliss-reactive ketones (excluding diaryl/α,β-unsaturated/α-hetero) is 1. The standard InChI is InChI=1S/C16H20O3/c1-16(2,3)14(17)13-11-8-6-5-7-10(11)9-12(13)15(18)19-4/h5-8,12-13H,9H2,1-4H3. The first-order chi connectivity index (χ1) is 8.86. The quantitative estimate of drug-likeness (QED) is 0.768. The molecule has 102 valence electrons. The van der Waals surface area contributed by atoms with Gasteiger partial charge in [0.15, 0.2) is 0 Å². The third-order valence-electron chi connectivity index (χ3n) is 3.76. The molecule has 1 aliphatic rings. The van der Waals surface area contributed by atoms with Gasteiger partial charge in [0.05, 0.1) is 18.9 Å². The summed E-state index contributed by atoms with van der Waals surface area (Å²) in [7, 11) is 1.38. The summed E-state index contributed by atoms with van der Waals surface area (Å²) in [4.78, 5) is 24.6. The Morgan fingerprint density at radius 1 is 1.21 bits per heavy atom.